The number of nitrogens with zero attached hydrogens (tertiary/aromatic N) is 1. The number of rotatable bonds is 5. The van der Waals surface area contributed by atoms with E-state index >= 15 is 0 Å². The minimum Gasteiger partial charge on any atom is -0.491 e. The fourth-order valence-electron chi connectivity index (χ4n) is 2.44. The highest BCUT2D eigenvalue weighted by Gasteiger charge is 2.30. The first-order valence-corrected chi connectivity index (χ1v) is 7.30. The minimum atomic E-state index is -4.40. The second-order valence-electron chi connectivity index (χ2n) is 5.63. The molecule has 1 heterocycles. The Hall–Kier alpha value is -1.31. The molecule has 1 aromatic rings. The van der Waals surface area contributed by atoms with Crippen molar-refractivity contribution in [1.29, 1.82) is 0 Å². The number of halogens is 3. The van der Waals surface area contributed by atoms with E-state index in [1.54, 1.807) is 0 Å². The van der Waals surface area contributed by atoms with Crippen LogP contribution in [-0.2, 0) is 6.18 Å². The van der Waals surface area contributed by atoms with Crippen LogP contribution >= 0.6 is 0 Å². The standard InChI is InChI=1S/C15H21F3N2O2/c16-15(17,18)11-2-1-3-14(8-11)22-10-13(21)9-20-6-4-12(19)5-7-20/h1-3,8,12-13,21H,4-7,9-10,19H2/t13-/m1/s1. The average molecular weight is 318 g/mol. The predicted molar refractivity (Wildman–Crippen MR) is 76.6 cm³/mol. The smallest absolute Gasteiger partial charge is 0.416 e. The number of ether oxygens (including phenoxy) is 1. The van der Waals surface area contributed by atoms with Crippen molar-refractivity contribution in [2.75, 3.05) is 26.2 Å². The van der Waals surface area contributed by atoms with Crippen LogP contribution in [0.2, 0.25) is 0 Å². The molecular weight excluding hydrogens is 297 g/mol. The number of alkyl halides is 3. The molecule has 2 rings (SSSR count). The highest BCUT2D eigenvalue weighted by Crippen LogP contribution is 2.31. The second kappa shape index (κ2) is 7.30. The third kappa shape index (κ3) is 5.15. The van der Waals surface area contributed by atoms with Crippen molar-refractivity contribution in [2.45, 2.75) is 31.2 Å². The zero-order valence-corrected chi connectivity index (χ0v) is 12.2. The average Bonchev–Trinajstić information content (AvgIpc) is 2.47. The van der Waals surface area contributed by atoms with Gasteiger partial charge in [0.15, 0.2) is 0 Å². The largest absolute Gasteiger partial charge is 0.491 e. The van der Waals surface area contributed by atoms with E-state index in [1.807, 2.05) is 0 Å². The Morgan fingerprint density at radius 3 is 2.64 bits per heavy atom. The van der Waals surface area contributed by atoms with Gasteiger partial charge in [-0.1, -0.05) is 6.07 Å². The van der Waals surface area contributed by atoms with Crippen LogP contribution in [0.5, 0.6) is 5.75 Å². The van der Waals surface area contributed by atoms with Gasteiger partial charge in [0.25, 0.3) is 0 Å². The van der Waals surface area contributed by atoms with Crippen molar-refractivity contribution in [3.63, 3.8) is 0 Å². The Balaban J connectivity index is 1.80. The van der Waals surface area contributed by atoms with Gasteiger partial charge < -0.3 is 20.5 Å². The highest BCUT2D eigenvalue weighted by atomic mass is 19.4. The van der Waals surface area contributed by atoms with Crippen LogP contribution in [0.15, 0.2) is 24.3 Å². The van der Waals surface area contributed by atoms with Crippen LogP contribution in [-0.4, -0.2) is 48.4 Å². The molecule has 0 aromatic heterocycles. The van der Waals surface area contributed by atoms with Gasteiger partial charge in [0.05, 0.1) is 5.56 Å². The zero-order valence-electron chi connectivity index (χ0n) is 12.2. The lowest BCUT2D eigenvalue weighted by Gasteiger charge is -2.31. The molecule has 0 bridgehead atoms. The minimum absolute atomic E-state index is 0.0378. The lowest BCUT2D eigenvalue weighted by atomic mass is 10.1. The number of nitrogens with two attached hydrogens (primary N) is 1. The zero-order chi connectivity index (χ0) is 16.2. The summed E-state index contributed by atoms with van der Waals surface area (Å²) in [5.41, 5.74) is 5.05. The summed E-state index contributed by atoms with van der Waals surface area (Å²) in [6.45, 7) is 2.04. The molecule has 124 valence electrons. The van der Waals surface area contributed by atoms with E-state index < -0.39 is 17.8 Å². The first-order chi connectivity index (χ1) is 10.3. The summed E-state index contributed by atoms with van der Waals surface area (Å²) in [5.74, 6) is 0.106. The van der Waals surface area contributed by atoms with Crippen molar-refractivity contribution in [3.8, 4) is 5.75 Å². The summed E-state index contributed by atoms with van der Waals surface area (Å²) in [6, 6.07) is 4.88. The van der Waals surface area contributed by atoms with Crippen molar-refractivity contribution < 1.29 is 23.0 Å². The Morgan fingerprint density at radius 2 is 2.00 bits per heavy atom. The molecule has 22 heavy (non-hydrogen) atoms. The third-order valence-electron chi connectivity index (χ3n) is 3.70. The quantitative estimate of drug-likeness (QED) is 0.870. The van der Waals surface area contributed by atoms with Gasteiger partial charge in [0.1, 0.15) is 18.5 Å². The molecule has 1 aliphatic heterocycles. The Bertz CT molecular complexity index is 474. The maximum atomic E-state index is 12.6. The monoisotopic (exact) mass is 318 g/mol. The van der Waals surface area contributed by atoms with E-state index in [4.69, 9.17) is 10.5 Å². The number of β-amino-alcohol motifs (C(OH)–C–C–N with tert-alkyl or cyclic N) is 1. The molecule has 0 spiro atoms. The van der Waals surface area contributed by atoms with Crippen molar-refractivity contribution in [1.82, 2.24) is 4.90 Å². The van der Waals surface area contributed by atoms with Gasteiger partial charge >= 0.3 is 6.18 Å². The maximum Gasteiger partial charge on any atom is 0.416 e. The predicted octanol–water partition coefficient (Wildman–Crippen LogP) is 1.87. The number of aliphatic hydroxyl groups is 1. The molecule has 1 aromatic carbocycles. The Labute approximate surface area is 127 Å². The van der Waals surface area contributed by atoms with E-state index in [0.29, 0.717) is 6.54 Å². The molecule has 0 amide bonds. The van der Waals surface area contributed by atoms with Gasteiger partial charge in [-0.2, -0.15) is 13.2 Å². The van der Waals surface area contributed by atoms with Crippen molar-refractivity contribution >= 4 is 0 Å². The number of benzene rings is 1. The second-order valence-corrected chi connectivity index (χ2v) is 5.63. The first-order valence-electron chi connectivity index (χ1n) is 7.30. The van der Waals surface area contributed by atoms with Gasteiger partial charge in [-0.05, 0) is 44.1 Å². The Kier molecular flexibility index (Phi) is 5.66. The van der Waals surface area contributed by atoms with Crippen LogP contribution in [0.25, 0.3) is 0 Å². The molecule has 4 nitrogen and oxygen atoms in total. The summed E-state index contributed by atoms with van der Waals surface area (Å²) < 4.78 is 43.0. The molecule has 0 saturated carbocycles. The van der Waals surface area contributed by atoms with Crippen LogP contribution in [0.1, 0.15) is 18.4 Å². The van der Waals surface area contributed by atoms with Gasteiger partial charge in [-0.15, -0.1) is 0 Å². The van der Waals surface area contributed by atoms with Gasteiger partial charge in [0.2, 0.25) is 0 Å². The number of likely N-dealkylation sites (tertiary alicyclic amines) is 1. The molecule has 0 aliphatic carbocycles. The maximum absolute atomic E-state index is 12.6. The van der Waals surface area contributed by atoms with Gasteiger partial charge in [0, 0.05) is 12.6 Å². The molecule has 1 aliphatic rings. The summed E-state index contributed by atoms with van der Waals surface area (Å²) in [7, 11) is 0. The van der Waals surface area contributed by atoms with E-state index in [9.17, 15) is 18.3 Å². The van der Waals surface area contributed by atoms with Gasteiger partial charge in [-0.25, -0.2) is 0 Å². The van der Waals surface area contributed by atoms with E-state index in [1.165, 1.54) is 12.1 Å². The number of hydrogen-bond donors (Lipinski definition) is 2. The topological polar surface area (TPSA) is 58.7 Å². The fourth-order valence-corrected chi connectivity index (χ4v) is 2.44. The molecule has 3 N–H and O–H groups in total. The Morgan fingerprint density at radius 1 is 1.32 bits per heavy atom. The van der Waals surface area contributed by atoms with Gasteiger partial charge in [-0.3, -0.25) is 0 Å². The van der Waals surface area contributed by atoms with Crippen molar-refractivity contribution in [2.24, 2.45) is 5.73 Å². The lowest BCUT2D eigenvalue weighted by Crippen LogP contribution is -2.44. The molecule has 1 fully saturated rings. The third-order valence-corrected chi connectivity index (χ3v) is 3.70. The normalized spacial score (nSPS) is 19.1. The molecular formula is C15H21F3N2O2. The fraction of sp³-hybridized carbons (Fsp3) is 0.600. The number of aliphatic hydroxyl groups excluding tert-OH is 1. The molecule has 0 unspecified atom stereocenters. The van der Waals surface area contributed by atoms with E-state index in [2.05, 4.69) is 4.90 Å². The van der Waals surface area contributed by atoms with Crippen LogP contribution in [0, 0.1) is 0 Å². The van der Waals surface area contributed by atoms with E-state index in [-0.39, 0.29) is 18.4 Å². The SMILES string of the molecule is NC1CCN(C[C@@H](O)COc2cccc(C(F)(F)F)c2)CC1. The van der Waals surface area contributed by atoms with E-state index in [0.717, 1.165) is 38.1 Å². The first kappa shape index (κ1) is 17.1. The van der Waals surface area contributed by atoms with Crippen molar-refractivity contribution in [3.05, 3.63) is 29.8 Å². The number of hydrogen-bond acceptors (Lipinski definition) is 4. The van der Waals surface area contributed by atoms with Crippen LogP contribution in [0.4, 0.5) is 13.2 Å². The number of piperidine rings is 1. The van der Waals surface area contributed by atoms with Crippen LogP contribution in [0.3, 0.4) is 0 Å². The lowest BCUT2D eigenvalue weighted by molar-refractivity contribution is -0.137. The van der Waals surface area contributed by atoms with Crippen LogP contribution < -0.4 is 10.5 Å². The summed E-state index contributed by atoms with van der Waals surface area (Å²) in [4.78, 5) is 2.09. The summed E-state index contributed by atoms with van der Waals surface area (Å²) >= 11 is 0. The molecule has 0 radical (unpaired) electrons. The molecule has 1 saturated heterocycles. The highest BCUT2D eigenvalue weighted by molar-refractivity contribution is 5.30. The summed E-state index contributed by atoms with van der Waals surface area (Å²) in [5, 5.41) is 9.94. The molecule has 7 heteroatoms. The summed E-state index contributed by atoms with van der Waals surface area (Å²) in [6.07, 6.45) is -3.36. The molecule has 1 atom stereocenters.